The highest BCUT2D eigenvalue weighted by Gasteiger charge is 2.35. The van der Waals surface area contributed by atoms with Gasteiger partial charge in [0, 0.05) is 36.1 Å². The van der Waals surface area contributed by atoms with Gasteiger partial charge in [0.15, 0.2) is 0 Å². The highest BCUT2D eigenvalue weighted by molar-refractivity contribution is 7.10. The Morgan fingerprint density at radius 1 is 1.45 bits per heavy atom. The van der Waals surface area contributed by atoms with Crippen LogP contribution in [0.15, 0.2) is 11.4 Å². The van der Waals surface area contributed by atoms with Gasteiger partial charge in [-0.15, -0.1) is 11.3 Å². The lowest BCUT2D eigenvalue weighted by molar-refractivity contribution is 0.0587. The number of aryl methyl sites for hydroxylation is 1. The van der Waals surface area contributed by atoms with Gasteiger partial charge in [0.1, 0.15) is 0 Å². The summed E-state index contributed by atoms with van der Waals surface area (Å²) in [7, 11) is 0. The predicted molar refractivity (Wildman–Crippen MR) is 87.4 cm³/mol. The molecule has 2 nitrogen and oxygen atoms in total. The minimum Gasteiger partial charge on any atom is -0.311 e. The first kappa shape index (κ1) is 14.6. The lowest BCUT2D eigenvalue weighted by Gasteiger charge is -2.46. The quantitative estimate of drug-likeness (QED) is 0.911. The van der Waals surface area contributed by atoms with Crippen molar-refractivity contribution in [3.63, 3.8) is 0 Å². The third kappa shape index (κ3) is 2.68. The van der Waals surface area contributed by atoms with Crippen molar-refractivity contribution >= 4 is 11.3 Å². The number of fused-ring (bicyclic) bond motifs is 1. The fraction of sp³-hybridized carbons (Fsp3) is 0.765. The molecular weight excluding hydrogens is 264 g/mol. The third-order valence-electron chi connectivity index (χ3n) is 5.19. The predicted octanol–water partition coefficient (Wildman–Crippen LogP) is 3.83. The summed E-state index contributed by atoms with van der Waals surface area (Å²) >= 11 is 1.97. The van der Waals surface area contributed by atoms with E-state index in [0.717, 1.165) is 12.5 Å². The molecule has 1 N–H and O–H groups in total. The molecule has 20 heavy (non-hydrogen) atoms. The summed E-state index contributed by atoms with van der Waals surface area (Å²) in [6.07, 6.45) is 5.28. The second kappa shape index (κ2) is 6.17. The average molecular weight is 292 g/mol. The van der Waals surface area contributed by atoms with Gasteiger partial charge in [-0.05, 0) is 48.6 Å². The van der Waals surface area contributed by atoms with E-state index in [-0.39, 0.29) is 0 Å². The van der Waals surface area contributed by atoms with Crippen LogP contribution < -0.4 is 5.32 Å². The normalized spacial score (nSPS) is 31.5. The van der Waals surface area contributed by atoms with Gasteiger partial charge >= 0.3 is 0 Å². The van der Waals surface area contributed by atoms with Crippen LogP contribution in [0.4, 0.5) is 0 Å². The summed E-state index contributed by atoms with van der Waals surface area (Å²) in [4.78, 5) is 4.47. The van der Waals surface area contributed by atoms with E-state index in [1.165, 1.54) is 32.2 Å². The maximum Gasteiger partial charge on any atom is 0.0363 e. The van der Waals surface area contributed by atoms with Gasteiger partial charge < -0.3 is 5.32 Å². The molecule has 1 fully saturated rings. The van der Waals surface area contributed by atoms with Gasteiger partial charge in [0.05, 0.1) is 0 Å². The molecular formula is C17H28N2S. The minimum atomic E-state index is 0.654. The summed E-state index contributed by atoms with van der Waals surface area (Å²) in [5, 5.41) is 6.07. The summed E-state index contributed by atoms with van der Waals surface area (Å²) < 4.78 is 0. The fourth-order valence-corrected chi connectivity index (χ4v) is 4.84. The SMILES string of the molecule is CCC1CNC(C(C)C)CN1C1CCCc2sccc21. The molecule has 1 aromatic rings. The number of hydrogen-bond acceptors (Lipinski definition) is 3. The van der Waals surface area contributed by atoms with Crippen molar-refractivity contribution in [3.05, 3.63) is 21.9 Å². The van der Waals surface area contributed by atoms with Crippen LogP contribution in [0, 0.1) is 5.92 Å². The first-order valence-electron chi connectivity index (χ1n) is 8.26. The summed E-state index contributed by atoms with van der Waals surface area (Å²) in [5.41, 5.74) is 1.64. The Balaban J connectivity index is 1.83. The molecule has 3 atom stereocenters. The first-order valence-corrected chi connectivity index (χ1v) is 9.14. The van der Waals surface area contributed by atoms with E-state index in [1.807, 2.05) is 11.3 Å². The minimum absolute atomic E-state index is 0.654. The highest BCUT2D eigenvalue weighted by atomic mass is 32.1. The molecule has 0 bridgehead atoms. The second-order valence-electron chi connectivity index (χ2n) is 6.72. The molecule has 1 saturated heterocycles. The van der Waals surface area contributed by atoms with Crippen LogP contribution in [-0.4, -0.2) is 30.1 Å². The van der Waals surface area contributed by atoms with Crippen molar-refractivity contribution in [2.24, 2.45) is 5.92 Å². The molecule has 2 aliphatic rings. The van der Waals surface area contributed by atoms with Gasteiger partial charge in [-0.2, -0.15) is 0 Å². The molecule has 2 heterocycles. The number of hydrogen-bond donors (Lipinski definition) is 1. The van der Waals surface area contributed by atoms with Gasteiger partial charge in [0.2, 0.25) is 0 Å². The van der Waals surface area contributed by atoms with Crippen LogP contribution in [0.25, 0.3) is 0 Å². The van der Waals surface area contributed by atoms with Gasteiger partial charge in [-0.3, -0.25) is 4.90 Å². The zero-order valence-electron chi connectivity index (χ0n) is 13.1. The molecule has 3 rings (SSSR count). The zero-order valence-corrected chi connectivity index (χ0v) is 13.9. The fourth-order valence-electron chi connectivity index (χ4n) is 3.86. The molecule has 0 saturated carbocycles. The van der Waals surface area contributed by atoms with Crippen molar-refractivity contribution in [2.75, 3.05) is 13.1 Å². The van der Waals surface area contributed by atoms with E-state index in [2.05, 4.69) is 42.4 Å². The number of thiophene rings is 1. The van der Waals surface area contributed by atoms with Crippen LogP contribution in [0.5, 0.6) is 0 Å². The number of piperazine rings is 1. The van der Waals surface area contributed by atoms with Crippen molar-refractivity contribution in [1.29, 1.82) is 0 Å². The topological polar surface area (TPSA) is 15.3 Å². The monoisotopic (exact) mass is 292 g/mol. The van der Waals surface area contributed by atoms with E-state index in [9.17, 15) is 0 Å². The van der Waals surface area contributed by atoms with Crippen molar-refractivity contribution in [1.82, 2.24) is 10.2 Å². The van der Waals surface area contributed by atoms with Crippen molar-refractivity contribution in [3.8, 4) is 0 Å². The highest BCUT2D eigenvalue weighted by Crippen LogP contribution is 2.39. The molecule has 112 valence electrons. The van der Waals surface area contributed by atoms with E-state index in [1.54, 1.807) is 10.4 Å². The Labute approximate surface area is 127 Å². The molecule has 0 aromatic carbocycles. The number of rotatable bonds is 3. The maximum absolute atomic E-state index is 3.77. The largest absolute Gasteiger partial charge is 0.311 e. The lowest BCUT2D eigenvalue weighted by Crippen LogP contribution is -2.58. The molecule has 1 aliphatic heterocycles. The second-order valence-corrected chi connectivity index (χ2v) is 7.73. The van der Waals surface area contributed by atoms with Gasteiger partial charge in [-0.1, -0.05) is 20.8 Å². The average Bonchev–Trinajstić information content (AvgIpc) is 2.94. The smallest absolute Gasteiger partial charge is 0.0363 e. The number of nitrogens with one attached hydrogen (secondary N) is 1. The van der Waals surface area contributed by atoms with E-state index in [0.29, 0.717) is 18.1 Å². The maximum atomic E-state index is 3.77. The van der Waals surface area contributed by atoms with Crippen LogP contribution in [-0.2, 0) is 6.42 Å². The number of nitrogens with zero attached hydrogens (tertiary/aromatic N) is 1. The van der Waals surface area contributed by atoms with E-state index in [4.69, 9.17) is 0 Å². The summed E-state index contributed by atoms with van der Waals surface area (Å²) in [6, 6.07) is 4.43. The van der Waals surface area contributed by atoms with Crippen LogP contribution in [0.2, 0.25) is 0 Å². The lowest BCUT2D eigenvalue weighted by atomic mass is 9.88. The van der Waals surface area contributed by atoms with Crippen LogP contribution in [0.1, 0.15) is 56.5 Å². The molecule has 3 heteroatoms. The standard InChI is InChI=1S/C17H28N2S/c1-4-13-10-18-15(12(2)3)11-19(13)16-6-5-7-17-14(16)8-9-20-17/h8-9,12-13,15-16,18H,4-7,10-11H2,1-3H3. The molecule has 0 radical (unpaired) electrons. The first-order chi connectivity index (χ1) is 9.70. The molecule has 0 amide bonds. The Bertz CT molecular complexity index is 440. The summed E-state index contributed by atoms with van der Waals surface area (Å²) in [6.45, 7) is 9.41. The van der Waals surface area contributed by atoms with Crippen LogP contribution >= 0.6 is 11.3 Å². The summed E-state index contributed by atoms with van der Waals surface area (Å²) in [5.74, 6) is 0.723. The molecule has 1 aromatic heterocycles. The molecule has 1 aliphatic carbocycles. The molecule has 3 unspecified atom stereocenters. The third-order valence-corrected chi connectivity index (χ3v) is 6.19. The van der Waals surface area contributed by atoms with Crippen molar-refractivity contribution in [2.45, 2.75) is 64.6 Å². The Hall–Kier alpha value is -0.380. The van der Waals surface area contributed by atoms with Crippen LogP contribution in [0.3, 0.4) is 0 Å². The Kier molecular flexibility index (Phi) is 4.49. The van der Waals surface area contributed by atoms with E-state index >= 15 is 0 Å². The van der Waals surface area contributed by atoms with Crippen molar-refractivity contribution < 1.29 is 0 Å². The molecule has 0 spiro atoms. The zero-order chi connectivity index (χ0) is 14.1. The van der Waals surface area contributed by atoms with E-state index < -0.39 is 0 Å². The van der Waals surface area contributed by atoms with Gasteiger partial charge in [-0.25, -0.2) is 0 Å². The van der Waals surface area contributed by atoms with Gasteiger partial charge in [0.25, 0.3) is 0 Å². The Morgan fingerprint density at radius 3 is 3.05 bits per heavy atom. The Morgan fingerprint density at radius 2 is 2.30 bits per heavy atom.